The van der Waals surface area contributed by atoms with Crippen molar-refractivity contribution >= 4 is 11.8 Å². The molecule has 27 heavy (non-hydrogen) atoms. The van der Waals surface area contributed by atoms with Gasteiger partial charge >= 0.3 is 6.03 Å². The number of aryl methyl sites for hydroxylation is 1. The summed E-state index contributed by atoms with van der Waals surface area (Å²) >= 11 is 0. The molecule has 1 aliphatic heterocycles. The molecular formula is C18H25N7O2. The number of hydrogen-bond donors (Lipinski definition) is 2. The second-order valence-electron chi connectivity index (χ2n) is 7.60. The lowest BCUT2D eigenvalue weighted by molar-refractivity contribution is 0.177. The fourth-order valence-electron chi connectivity index (χ4n) is 3.21. The van der Waals surface area contributed by atoms with Crippen molar-refractivity contribution in [2.24, 2.45) is 0 Å². The molecule has 0 fully saturated rings. The first kappa shape index (κ1) is 18.9. The van der Waals surface area contributed by atoms with Gasteiger partial charge in [-0.25, -0.2) is 14.5 Å². The topological polar surface area (TPSA) is 110 Å². The van der Waals surface area contributed by atoms with Gasteiger partial charge in [0.1, 0.15) is 24.3 Å². The molecule has 0 aromatic carbocycles. The van der Waals surface area contributed by atoms with Crippen LogP contribution in [0.15, 0.2) is 12.3 Å². The Kier molecular flexibility index (Phi) is 5.19. The van der Waals surface area contributed by atoms with Gasteiger partial charge in [-0.15, -0.1) is 0 Å². The Balaban J connectivity index is 1.75. The Bertz CT molecular complexity index is 869. The standard InChI is InChI=1S/C18H25N7O2/c1-18(2,3)24-10-12(9-19)8-15(24)22-17(26)20-13-6-5-7-25-16(13)21-14(23-25)11-27-4/h8,10,13H,5-7,11H2,1-4H3,(H2,20,22,26). The molecule has 0 aliphatic carbocycles. The number of nitriles is 1. The molecule has 9 nitrogen and oxygen atoms in total. The van der Waals surface area contributed by atoms with E-state index in [9.17, 15) is 10.1 Å². The van der Waals surface area contributed by atoms with Gasteiger partial charge in [0, 0.05) is 25.4 Å². The van der Waals surface area contributed by atoms with Crippen molar-refractivity contribution in [1.82, 2.24) is 24.6 Å². The monoisotopic (exact) mass is 371 g/mol. The highest BCUT2D eigenvalue weighted by Crippen LogP contribution is 2.26. The predicted molar refractivity (Wildman–Crippen MR) is 99.0 cm³/mol. The van der Waals surface area contributed by atoms with Crippen LogP contribution in [0, 0.1) is 11.3 Å². The Morgan fingerprint density at radius 1 is 1.48 bits per heavy atom. The van der Waals surface area contributed by atoms with E-state index in [2.05, 4.69) is 26.8 Å². The van der Waals surface area contributed by atoms with Crippen LogP contribution in [-0.4, -0.2) is 32.5 Å². The third-order valence-corrected chi connectivity index (χ3v) is 4.41. The van der Waals surface area contributed by atoms with Gasteiger partial charge in [0.2, 0.25) is 0 Å². The van der Waals surface area contributed by atoms with Crippen LogP contribution >= 0.6 is 0 Å². The number of carbonyl (C=O) groups is 1. The Labute approximate surface area is 158 Å². The summed E-state index contributed by atoms with van der Waals surface area (Å²) in [5.41, 5.74) is 0.236. The maximum atomic E-state index is 12.6. The van der Waals surface area contributed by atoms with Crippen molar-refractivity contribution in [2.45, 2.75) is 58.3 Å². The van der Waals surface area contributed by atoms with Crippen LogP contribution in [0.25, 0.3) is 0 Å². The summed E-state index contributed by atoms with van der Waals surface area (Å²) in [4.78, 5) is 17.1. The number of methoxy groups -OCH3 is 1. The minimum absolute atomic E-state index is 0.217. The maximum absolute atomic E-state index is 12.6. The minimum Gasteiger partial charge on any atom is -0.377 e. The fourth-order valence-corrected chi connectivity index (χ4v) is 3.21. The molecule has 2 aromatic rings. The van der Waals surface area contributed by atoms with Crippen molar-refractivity contribution in [2.75, 3.05) is 12.4 Å². The number of aromatic nitrogens is 4. The summed E-state index contributed by atoms with van der Waals surface area (Å²) in [7, 11) is 1.60. The SMILES string of the molecule is COCc1nc2n(n1)CCCC2NC(=O)Nc1cc(C#N)cn1C(C)(C)C. The predicted octanol–water partition coefficient (Wildman–Crippen LogP) is 2.51. The fraction of sp³-hybridized carbons (Fsp3) is 0.556. The zero-order chi connectivity index (χ0) is 19.6. The summed E-state index contributed by atoms with van der Waals surface area (Å²) in [6, 6.07) is 3.24. The van der Waals surface area contributed by atoms with Crippen molar-refractivity contribution in [3.8, 4) is 6.07 Å². The van der Waals surface area contributed by atoms with Gasteiger partial charge in [-0.1, -0.05) is 0 Å². The first-order valence-corrected chi connectivity index (χ1v) is 8.95. The molecule has 1 aliphatic rings. The molecule has 2 aromatic heterocycles. The van der Waals surface area contributed by atoms with E-state index in [4.69, 9.17) is 4.74 Å². The van der Waals surface area contributed by atoms with Crippen molar-refractivity contribution < 1.29 is 9.53 Å². The largest absolute Gasteiger partial charge is 0.377 e. The van der Waals surface area contributed by atoms with Gasteiger partial charge in [0.05, 0.1) is 11.6 Å². The molecule has 1 unspecified atom stereocenters. The van der Waals surface area contributed by atoms with E-state index >= 15 is 0 Å². The average Bonchev–Trinajstić information content (AvgIpc) is 3.19. The number of fused-ring (bicyclic) bond motifs is 1. The highest BCUT2D eigenvalue weighted by molar-refractivity contribution is 5.89. The summed E-state index contributed by atoms with van der Waals surface area (Å²) in [6.07, 6.45) is 3.44. The molecule has 0 saturated heterocycles. The third kappa shape index (κ3) is 4.11. The van der Waals surface area contributed by atoms with Crippen LogP contribution < -0.4 is 10.6 Å². The lowest BCUT2D eigenvalue weighted by Gasteiger charge is -2.26. The van der Waals surface area contributed by atoms with Crippen molar-refractivity contribution in [1.29, 1.82) is 5.26 Å². The van der Waals surface area contributed by atoms with E-state index in [1.54, 1.807) is 19.4 Å². The van der Waals surface area contributed by atoms with Crippen LogP contribution in [0.5, 0.6) is 0 Å². The number of urea groups is 1. The van der Waals surface area contributed by atoms with E-state index in [0.717, 1.165) is 25.2 Å². The Hall–Kier alpha value is -2.86. The second kappa shape index (κ2) is 7.40. The van der Waals surface area contributed by atoms with Gasteiger partial charge in [0.25, 0.3) is 0 Å². The highest BCUT2D eigenvalue weighted by Gasteiger charge is 2.26. The van der Waals surface area contributed by atoms with E-state index in [-0.39, 0.29) is 17.6 Å². The molecule has 2 amide bonds. The number of ether oxygens (including phenoxy) is 1. The molecule has 0 saturated carbocycles. The first-order chi connectivity index (χ1) is 12.8. The van der Waals surface area contributed by atoms with Crippen LogP contribution in [0.1, 0.15) is 56.9 Å². The second-order valence-corrected chi connectivity index (χ2v) is 7.60. The molecule has 3 heterocycles. The van der Waals surface area contributed by atoms with Crippen molar-refractivity contribution in [3.05, 3.63) is 29.5 Å². The van der Waals surface area contributed by atoms with E-state index in [1.807, 2.05) is 30.0 Å². The number of carbonyl (C=O) groups excluding carboxylic acids is 1. The molecule has 1 atom stereocenters. The maximum Gasteiger partial charge on any atom is 0.320 e. The van der Waals surface area contributed by atoms with Gasteiger partial charge < -0.3 is 14.6 Å². The first-order valence-electron chi connectivity index (χ1n) is 8.95. The van der Waals surface area contributed by atoms with Gasteiger partial charge in [0.15, 0.2) is 5.82 Å². The number of nitrogens with zero attached hydrogens (tertiary/aromatic N) is 5. The zero-order valence-corrected chi connectivity index (χ0v) is 16.1. The quantitative estimate of drug-likeness (QED) is 0.858. The molecule has 3 rings (SSSR count). The molecule has 9 heteroatoms. The molecule has 0 bridgehead atoms. The lowest BCUT2D eigenvalue weighted by atomic mass is 10.1. The van der Waals surface area contributed by atoms with Crippen LogP contribution in [0.2, 0.25) is 0 Å². The van der Waals surface area contributed by atoms with Crippen LogP contribution in [0.3, 0.4) is 0 Å². The number of nitrogens with one attached hydrogen (secondary N) is 2. The smallest absolute Gasteiger partial charge is 0.320 e. The Morgan fingerprint density at radius 2 is 2.26 bits per heavy atom. The number of rotatable bonds is 4. The highest BCUT2D eigenvalue weighted by atomic mass is 16.5. The van der Waals surface area contributed by atoms with E-state index in [0.29, 0.717) is 23.8 Å². The molecular weight excluding hydrogens is 346 g/mol. The normalized spacial score (nSPS) is 16.5. The average molecular weight is 371 g/mol. The van der Waals surface area contributed by atoms with Gasteiger partial charge in [-0.2, -0.15) is 10.4 Å². The molecule has 2 N–H and O–H groups in total. The number of amides is 2. The summed E-state index contributed by atoms with van der Waals surface area (Å²) in [5.74, 6) is 1.93. The molecule has 0 radical (unpaired) electrons. The van der Waals surface area contributed by atoms with Crippen molar-refractivity contribution in [3.63, 3.8) is 0 Å². The summed E-state index contributed by atoms with van der Waals surface area (Å²) in [6.45, 7) is 7.16. The minimum atomic E-state index is -0.335. The third-order valence-electron chi connectivity index (χ3n) is 4.41. The summed E-state index contributed by atoms with van der Waals surface area (Å²) < 4.78 is 8.80. The zero-order valence-electron chi connectivity index (χ0n) is 16.1. The Morgan fingerprint density at radius 3 is 2.93 bits per heavy atom. The molecule has 144 valence electrons. The van der Waals surface area contributed by atoms with Gasteiger partial charge in [-0.05, 0) is 39.7 Å². The van der Waals surface area contributed by atoms with Crippen LogP contribution in [-0.2, 0) is 23.4 Å². The van der Waals surface area contributed by atoms with Gasteiger partial charge in [-0.3, -0.25) is 5.32 Å². The lowest BCUT2D eigenvalue weighted by Crippen LogP contribution is -2.37. The van der Waals surface area contributed by atoms with E-state index in [1.165, 1.54) is 0 Å². The number of hydrogen-bond acceptors (Lipinski definition) is 5. The number of anilines is 1. The summed E-state index contributed by atoms with van der Waals surface area (Å²) in [5, 5.41) is 19.4. The van der Waals surface area contributed by atoms with E-state index < -0.39 is 0 Å². The van der Waals surface area contributed by atoms with Crippen LogP contribution in [0.4, 0.5) is 10.6 Å². The molecule has 0 spiro atoms.